The molecule has 2 aliphatic rings. The number of ether oxygens (including phenoxy) is 1. The van der Waals surface area contributed by atoms with Crippen LogP contribution in [0.1, 0.15) is 52.7 Å². The predicted molar refractivity (Wildman–Crippen MR) is 115 cm³/mol. The number of esters is 1. The van der Waals surface area contributed by atoms with Crippen molar-refractivity contribution in [2.45, 2.75) is 77.9 Å². The first kappa shape index (κ1) is 25.4. The molecular formula is C23H33F3N4O3. The minimum Gasteiger partial charge on any atom is -0.460 e. The van der Waals surface area contributed by atoms with Crippen molar-refractivity contribution in [2.75, 3.05) is 13.1 Å². The SMILES string of the molecule is C[C@H](OC(=O)C(C)(C)C)C1[C@H]2CC(CCN(Cc3ccccn3)N2)CN1C(=O)CC(F)(F)F. The first-order chi connectivity index (χ1) is 15.3. The van der Waals surface area contributed by atoms with Crippen LogP contribution in [-0.4, -0.2) is 64.2 Å². The van der Waals surface area contributed by atoms with E-state index < -0.39 is 42.0 Å². The van der Waals surface area contributed by atoms with Crippen LogP contribution in [0.2, 0.25) is 0 Å². The van der Waals surface area contributed by atoms with Gasteiger partial charge in [0.2, 0.25) is 5.91 Å². The number of hydrazine groups is 1. The number of hydrogen-bond donors (Lipinski definition) is 1. The Morgan fingerprint density at radius 1 is 1.27 bits per heavy atom. The molecule has 1 aromatic heterocycles. The van der Waals surface area contributed by atoms with E-state index in [1.807, 2.05) is 23.2 Å². The summed E-state index contributed by atoms with van der Waals surface area (Å²) >= 11 is 0. The van der Waals surface area contributed by atoms with Crippen LogP contribution in [0.15, 0.2) is 24.4 Å². The third-order valence-electron chi connectivity index (χ3n) is 6.11. The van der Waals surface area contributed by atoms with Crippen LogP contribution in [0.25, 0.3) is 0 Å². The van der Waals surface area contributed by atoms with Crippen LogP contribution in [0.4, 0.5) is 13.2 Å². The minimum atomic E-state index is -4.60. The predicted octanol–water partition coefficient (Wildman–Crippen LogP) is 3.31. The fourth-order valence-corrected chi connectivity index (χ4v) is 4.51. The Balaban J connectivity index is 1.85. The summed E-state index contributed by atoms with van der Waals surface area (Å²) in [7, 11) is 0. The second-order valence-electron chi connectivity index (χ2n) is 10.1. The Labute approximate surface area is 192 Å². The molecule has 0 spiro atoms. The third kappa shape index (κ3) is 6.89. The van der Waals surface area contributed by atoms with Crippen molar-refractivity contribution in [3.05, 3.63) is 30.1 Å². The molecule has 4 atom stereocenters. The fraction of sp³-hybridized carbons (Fsp3) is 0.696. The zero-order chi connectivity index (χ0) is 24.4. The number of carbonyl (C=O) groups excluding carboxylic acids is 2. The summed E-state index contributed by atoms with van der Waals surface area (Å²) in [4.78, 5) is 30.9. The van der Waals surface area contributed by atoms with E-state index in [9.17, 15) is 22.8 Å². The molecule has 2 bridgehead atoms. The number of amides is 1. The molecule has 10 heteroatoms. The van der Waals surface area contributed by atoms with E-state index in [2.05, 4.69) is 10.4 Å². The van der Waals surface area contributed by atoms with Crippen molar-refractivity contribution in [3.63, 3.8) is 0 Å². The number of nitrogens with zero attached hydrogens (tertiary/aromatic N) is 3. The highest BCUT2D eigenvalue weighted by atomic mass is 19.4. The summed E-state index contributed by atoms with van der Waals surface area (Å²) in [5.74, 6) is -1.39. The van der Waals surface area contributed by atoms with Gasteiger partial charge in [0, 0.05) is 25.3 Å². The van der Waals surface area contributed by atoms with Crippen LogP contribution in [0, 0.1) is 11.3 Å². The van der Waals surface area contributed by atoms with Crippen molar-refractivity contribution >= 4 is 11.9 Å². The smallest absolute Gasteiger partial charge is 0.397 e. The Morgan fingerprint density at radius 3 is 2.61 bits per heavy atom. The van der Waals surface area contributed by atoms with E-state index in [0.29, 0.717) is 19.5 Å². The van der Waals surface area contributed by atoms with Crippen molar-refractivity contribution in [2.24, 2.45) is 11.3 Å². The van der Waals surface area contributed by atoms with Gasteiger partial charge in [0.1, 0.15) is 12.5 Å². The van der Waals surface area contributed by atoms with Crippen LogP contribution in [0.5, 0.6) is 0 Å². The molecule has 2 saturated heterocycles. The number of piperidine rings is 1. The average molecular weight is 471 g/mol. The summed E-state index contributed by atoms with van der Waals surface area (Å²) in [6, 6.07) is 4.56. The summed E-state index contributed by atoms with van der Waals surface area (Å²) < 4.78 is 44.9. The summed E-state index contributed by atoms with van der Waals surface area (Å²) in [6.07, 6.45) is -3.79. The van der Waals surface area contributed by atoms with Gasteiger partial charge in [-0.3, -0.25) is 14.6 Å². The number of nitrogens with one attached hydrogen (secondary N) is 1. The lowest BCUT2D eigenvalue weighted by Gasteiger charge is -2.46. The van der Waals surface area contributed by atoms with Gasteiger partial charge in [-0.25, -0.2) is 10.4 Å². The van der Waals surface area contributed by atoms with Gasteiger partial charge in [0.15, 0.2) is 0 Å². The van der Waals surface area contributed by atoms with Gasteiger partial charge in [-0.2, -0.15) is 13.2 Å². The molecule has 2 aliphatic heterocycles. The fourth-order valence-electron chi connectivity index (χ4n) is 4.51. The summed E-state index contributed by atoms with van der Waals surface area (Å²) in [6.45, 7) is 8.19. The summed E-state index contributed by atoms with van der Waals surface area (Å²) in [5.41, 5.74) is 3.50. The van der Waals surface area contributed by atoms with Crippen LogP contribution < -0.4 is 5.43 Å². The molecule has 1 N–H and O–H groups in total. The first-order valence-corrected chi connectivity index (χ1v) is 11.3. The zero-order valence-electron chi connectivity index (χ0n) is 19.6. The zero-order valence-corrected chi connectivity index (χ0v) is 19.6. The van der Waals surface area contributed by atoms with Crippen LogP contribution in [-0.2, 0) is 20.9 Å². The Kier molecular flexibility index (Phi) is 7.68. The molecule has 7 nitrogen and oxygen atoms in total. The Hall–Kier alpha value is -2.20. The quantitative estimate of drug-likeness (QED) is 0.666. The van der Waals surface area contributed by atoms with Crippen LogP contribution in [0.3, 0.4) is 0 Å². The number of carbonyl (C=O) groups is 2. The molecule has 2 unspecified atom stereocenters. The van der Waals surface area contributed by atoms with E-state index in [0.717, 1.165) is 12.1 Å². The number of hydrogen-bond acceptors (Lipinski definition) is 6. The lowest BCUT2D eigenvalue weighted by atomic mass is 9.84. The van der Waals surface area contributed by atoms with Gasteiger partial charge in [-0.1, -0.05) is 6.07 Å². The molecule has 1 amide bonds. The molecule has 0 aliphatic carbocycles. The molecular weight excluding hydrogens is 437 g/mol. The number of alkyl halides is 3. The van der Waals surface area contributed by atoms with E-state index >= 15 is 0 Å². The highest BCUT2D eigenvalue weighted by Crippen LogP contribution is 2.33. The first-order valence-electron chi connectivity index (χ1n) is 11.3. The lowest BCUT2D eigenvalue weighted by molar-refractivity contribution is -0.175. The molecule has 0 aromatic carbocycles. The average Bonchev–Trinajstić information content (AvgIpc) is 2.85. The highest BCUT2D eigenvalue weighted by molar-refractivity contribution is 5.78. The molecule has 0 radical (unpaired) electrons. The Morgan fingerprint density at radius 2 is 2.00 bits per heavy atom. The van der Waals surface area contributed by atoms with E-state index in [4.69, 9.17) is 4.74 Å². The van der Waals surface area contributed by atoms with Gasteiger partial charge in [-0.15, -0.1) is 0 Å². The normalized spacial score (nSPS) is 25.3. The monoisotopic (exact) mass is 470 g/mol. The van der Waals surface area contributed by atoms with E-state index in [-0.39, 0.29) is 18.5 Å². The highest BCUT2D eigenvalue weighted by Gasteiger charge is 2.47. The van der Waals surface area contributed by atoms with Gasteiger partial charge in [-0.05, 0) is 58.6 Å². The maximum absolute atomic E-state index is 13.1. The largest absolute Gasteiger partial charge is 0.460 e. The standard InChI is InChI=1S/C23H33F3N4O3/c1-15(33-21(32)22(2,3)4)20-18-11-16(13-30(20)19(31)12-23(24,25)26)8-10-29(28-18)14-17-7-5-6-9-27-17/h5-7,9,15-16,18,20,28H,8,10-14H2,1-4H3/t15-,16?,18+,20?/m0/s1. The maximum atomic E-state index is 13.1. The van der Waals surface area contributed by atoms with Crippen LogP contribution >= 0.6 is 0 Å². The number of likely N-dealkylation sites (tertiary alicyclic amines) is 1. The second kappa shape index (κ2) is 9.97. The van der Waals surface area contributed by atoms with Crippen molar-refractivity contribution in [3.8, 4) is 0 Å². The maximum Gasteiger partial charge on any atom is 0.397 e. The molecule has 0 saturated carbocycles. The minimum absolute atomic E-state index is 0.0511. The topological polar surface area (TPSA) is 74.8 Å². The van der Waals surface area contributed by atoms with Gasteiger partial charge in [0.05, 0.1) is 23.7 Å². The molecule has 3 heterocycles. The van der Waals surface area contributed by atoms with Crippen molar-refractivity contribution in [1.82, 2.24) is 20.3 Å². The third-order valence-corrected chi connectivity index (χ3v) is 6.11. The molecule has 33 heavy (non-hydrogen) atoms. The van der Waals surface area contributed by atoms with Gasteiger partial charge >= 0.3 is 12.1 Å². The molecule has 2 fully saturated rings. The number of halogens is 3. The van der Waals surface area contributed by atoms with E-state index in [1.54, 1.807) is 33.9 Å². The number of aromatic nitrogens is 1. The number of fused-ring (bicyclic) bond motifs is 2. The van der Waals surface area contributed by atoms with Crippen molar-refractivity contribution < 1.29 is 27.5 Å². The molecule has 184 valence electrons. The van der Waals surface area contributed by atoms with Gasteiger partial charge < -0.3 is 9.64 Å². The van der Waals surface area contributed by atoms with Gasteiger partial charge in [0.25, 0.3) is 0 Å². The Bertz CT molecular complexity index is 828. The second-order valence-corrected chi connectivity index (χ2v) is 10.1. The number of rotatable bonds is 5. The summed E-state index contributed by atoms with van der Waals surface area (Å²) in [5, 5.41) is 2.00. The molecule has 3 rings (SSSR count). The van der Waals surface area contributed by atoms with E-state index in [1.165, 1.54) is 4.90 Å². The lowest BCUT2D eigenvalue weighted by Crippen LogP contribution is -2.64. The van der Waals surface area contributed by atoms with Crippen molar-refractivity contribution in [1.29, 1.82) is 0 Å². The molecule has 1 aromatic rings. The number of pyridine rings is 1.